The van der Waals surface area contributed by atoms with Gasteiger partial charge in [0, 0.05) is 13.1 Å². The predicted octanol–water partition coefficient (Wildman–Crippen LogP) is 0.923. The predicted molar refractivity (Wildman–Crippen MR) is 72.1 cm³/mol. The van der Waals surface area contributed by atoms with Crippen LogP contribution >= 0.6 is 12.2 Å². The summed E-state index contributed by atoms with van der Waals surface area (Å²) in [6.45, 7) is 3.69. The van der Waals surface area contributed by atoms with E-state index in [1.807, 2.05) is 12.1 Å². The molecule has 3 N–H and O–H groups in total. The highest BCUT2D eigenvalue weighted by Gasteiger charge is 2.24. The van der Waals surface area contributed by atoms with E-state index >= 15 is 0 Å². The van der Waals surface area contributed by atoms with Gasteiger partial charge in [0.2, 0.25) is 0 Å². The van der Waals surface area contributed by atoms with Gasteiger partial charge < -0.3 is 15.7 Å². The molecule has 0 aromatic carbocycles. The summed E-state index contributed by atoms with van der Waals surface area (Å²) in [5.41, 5.74) is 7.14. The van der Waals surface area contributed by atoms with Crippen LogP contribution < -0.4 is 10.6 Å². The molecule has 2 rings (SSSR count). The highest BCUT2D eigenvalue weighted by atomic mass is 32.1. The van der Waals surface area contributed by atoms with Gasteiger partial charge >= 0.3 is 0 Å². The van der Waals surface area contributed by atoms with Gasteiger partial charge in [-0.3, -0.25) is 4.98 Å². The van der Waals surface area contributed by atoms with Crippen molar-refractivity contribution in [3.8, 4) is 0 Å². The highest BCUT2D eigenvalue weighted by molar-refractivity contribution is 7.80. The summed E-state index contributed by atoms with van der Waals surface area (Å²) in [7, 11) is 0. The summed E-state index contributed by atoms with van der Waals surface area (Å²) in [6, 6.07) is 3.77. The minimum Gasteiger partial charge on any atom is -0.391 e. The summed E-state index contributed by atoms with van der Waals surface area (Å²) in [6.07, 6.45) is 2.49. The van der Waals surface area contributed by atoms with Crippen molar-refractivity contribution in [3.63, 3.8) is 0 Å². The Morgan fingerprint density at radius 2 is 2.35 bits per heavy atom. The van der Waals surface area contributed by atoms with Crippen molar-refractivity contribution in [1.29, 1.82) is 0 Å². The van der Waals surface area contributed by atoms with Crippen LogP contribution in [0.25, 0.3) is 0 Å². The van der Waals surface area contributed by atoms with Gasteiger partial charge in [-0.2, -0.15) is 0 Å². The molecule has 2 unspecified atom stereocenters. The highest BCUT2D eigenvalue weighted by Crippen LogP contribution is 2.22. The molecule has 2 atom stereocenters. The van der Waals surface area contributed by atoms with Gasteiger partial charge in [0.05, 0.1) is 23.7 Å². The second-order valence-corrected chi connectivity index (χ2v) is 4.99. The lowest BCUT2D eigenvalue weighted by Gasteiger charge is -2.35. The monoisotopic (exact) mass is 251 g/mol. The van der Waals surface area contributed by atoms with Crippen LogP contribution in [0.15, 0.2) is 18.3 Å². The van der Waals surface area contributed by atoms with E-state index in [1.54, 1.807) is 6.20 Å². The molecule has 1 aromatic heterocycles. The molecule has 0 amide bonds. The van der Waals surface area contributed by atoms with E-state index in [-0.39, 0.29) is 6.10 Å². The average molecular weight is 251 g/mol. The molecule has 1 saturated heterocycles. The zero-order valence-corrected chi connectivity index (χ0v) is 10.7. The summed E-state index contributed by atoms with van der Waals surface area (Å²) in [5, 5.41) is 9.85. The van der Waals surface area contributed by atoms with E-state index in [4.69, 9.17) is 18.0 Å². The lowest BCUT2D eigenvalue weighted by molar-refractivity contribution is 0.103. The molecule has 1 aliphatic rings. The summed E-state index contributed by atoms with van der Waals surface area (Å²) < 4.78 is 0. The number of thiocarbonyl (C=S) groups is 1. The van der Waals surface area contributed by atoms with Gasteiger partial charge in [0.25, 0.3) is 0 Å². The molecular formula is C12H17N3OS. The Labute approximate surface area is 106 Å². The molecule has 0 spiro atoms. The van der Waals surface area contributed by atoms with Gasteiger partial charge in [0.15, 0.2) is 0 Å². The second-order valence-electron chi connectivity index (χ2n) is 4.55. The van der Waals surface area contributed by atoms with Crippen molar-refractivity contribution in [2.75, 3.05) is 18.0 Å². The SMILES string of the molecule is CC1CCN(c2ccc(C(N)=S)nc2)CC1O. The number of aromatic nitrogens is 1. The van der Waals surface area contributed by atoms with Crippen LogP contribution in [0.1, 0.15) is 19.0 Å². The van der Waals surface area contributed by atoms with Crippen LogP contribution in [0.3, 0.4) is 0 Å². The lowest BCUT2D eigenvalue weighted by atomic mass is 9.96. The molecule has 92 valence electrons. The number of β-amino-alcohol motifs (C(OH)–C–C–N with tert-alkyl or cyclic N) is 1. The van der Waals surface area contributed by atoms with E-state index in [2.05, 4.69) is 16.8 Å². The first-order valence-corrected chi connectivity index (χ1v) is 6.17. The Bertz CT molecular complexity index is 407. The first-order valence-electron chi connectivity index (χ1n) is 5.77. The Hall–Kier alpha value is -1.20. The molecule has 4 nitrogen and oxygen atoms in total. The number of aliphatic hydroxyl groups excluding tert-OH is 1. The number of nitrogens with zero attached hydrogens (tertiary/aromatic N) is 2. The quantitative estimate of drug-likeness (QED) is 0.765. The van der Waals surface area contributed by atoms with E-state index in [0.717, 1.165) is 18.7 Å². The van der Waals surface area contributed by atoms with Gasteiger partial charge in [-0.15, -0.1) is 0 Å². The first kappa shape index (κ1) is 12.3. The second kappa shape index (κ2) is 4.98. The number of aliphatic hydroxyl groups is 1. The minimum absolute atomic E-state index is 0.265. The van der Waals surface area contributed by atoms with Crippen molar-refractivity contribution in [2.24, 2.45) is 11.7 Å². The van der Waals surface area contributed by atoms with Crippen molar-refractivity contribution < 1.29 is 5.11 Å². The van der Waals surface area contributed by atoms with E-state index in [9.17, 15) is 5.11 Å². The van der Waals surface area contributed by atoms with Crippen LogP contribution in [0.5, 0.6) is 0 Å². The van der Waals surface area contributed by atoms with Gasteiger partial charge in [0.1, 0.15) is 4.99 Å². The maximum absolute atomic E-state index is 9.85. The molecule has 0 radical (unpaired) electrons. The van der Waals surface area contributed by atoms with Crippen molar-refractivity contribution in [1.82, 2.24) is 4.98 Å². The third-order valence-electron chi connectivity index (χ3n) is 3.28. The largest absolute Gasteiger partial charge is 0.391 e. The normalized spacial score (nSPS) is 24.7. The summed E-state index contributed by atoms with van der Waals surface area (Å²) in [4.78, 5) is 6.66. The first-order chi connectivity index (χ1) is 8.08. The molecule has 5 heteroatoms. The number of hydrogen-bond donors (Lipinski definition) is 2. The molecule has 0 bridgehead atoms. The third-order valence-corrected chi connectivity index (χ3v) is 3.49. The minimum atomic E-state index is -0.265. The van der Waals surface area contributed by atoms with Crippen molar-refractivity contribution in [3.05, 3.63) is 24.0 Å². The average Bonchev–Trinajstić information content (AvgIpc) is 2.33. The maximum Gasteiger partial charge on any atom is 0.122 e. The van der Waals surface area contributed by atoms with Crippen LogP contribution in [-0.2, 0) is 0 Å². The fraction of sp³-hybridized carbons (Fsp3) is 0.500. The van der Waals surface area contributed by atoms with E-state index < -0.39 is 0 Å². The molecule has 1 aromatic rings. The molecule has 1 aliphatic heterocycles. The van der Waals surface area contributed by atoms with E-state index in [1.165, 1.54) is 0 Å². The molecule has 0 saturated carbocycles. The topological polar surface area (TPSA) is 62.4 Å². The zero-order valence-electron chi connectivity index (χ0n) is 9.84. The molecule has 0 aliphatic carbocycles. The van der Waals surface area contributed by atoms with Crippen molar-refractivity contribution >= 4 is 22.9 Å². The summed E-state index contributed by atoms with van der Waals surface area (Å²) >= 11 is 4.86. The molecule has 17 heavy (non-hydrogen) atoms. The number of hydrogen-bond acceptors (Lipinski definition) is 4. The Balaban J connectivity index is 2.10. The van der Waals surface area contributed by atoms with Gasteiger partial charge in [-0.1, -0.05) is 19.1 Å². The Kier molecular flexibility index (Phi) is 3.59. The maximum atomic E-state index is 9.85. The van der Waals surface area contributed by atoms with Gasteiger partial charge in [-0.25, -0.2) is 0 Å². The van der Waals surface area contributed by atoms with Crippen molar-refractivity contribution in [2.45, 2.75) is 19.4 Å². The fourth-order valence-corrected chi connectivity index (χ4v) is 2.12. The van der Waals surface area contributed by atoms with Crippen LogP contribution in [0.2, 0.25) is 0 Å². The number of piperidine rings is 1. The summed E-state index contributed by atoms with van der Waals surface area (Å²) in [5.74, 6) is 0.370. The Morgan fingerprint density at radius 3 is 2.88 bits per heavy atom. The van der Waals surface area contributed by atoms with Crippen LogP contribution in [-0.4, -0.2) is 34.3 Å². The number of nitrogens with two attached hydrogens (primary N) is 1. The van der Waals surface area contributed by atoms with Gasteiger partial charge in [-0.05, 0) is 24.5 Å². The standard InChI is InChI=1S/C12H17N3OS/c1-8-4-5-15(7-11(8)16)9-2-3-10(12(13)17)14-6-9/h2-3,6,8,11,16H,4-5,7H2,1H3,(H2,13,17). The fourth-order valence-electron chi connectivity index (χ4n) is 2.00. The third kappa shape index (κ3) is 2.73. The zero-order chi connectivity index (χ0) is 12.4. The lowest BCUT2D eigenvalue weighted by Crippen LogP contribution is -2.42. The molecule has 1 fully saturated rings. The number of rotatable bonds is 2. The molecular weight excluding hydrogens is 234 g/mol. The number of anilines is 1. The van der Waals surface area contributed by atoms with E-state index in [0.29, 0.717) is 23.1 Å². The Morgan fingerprint density at radius 1 is 1.59 bits per heavy atom. The van der Waals surface area contributed by atoms with Crippen LogP contribution in [0.4, 0.5) is 5.69 Å². The van der Waals surface area contributed by atoms with Crippen LogP contribution in [0, 0.1) is 5.92 Å². The number of pyridine rings is 1. The molecule has 2 heterocycles. The smallest absolute Gasteiger partial charge is 0.122 e.